The number of anilines is 2. The number of para-hydroxylation sites is 1. The van der Waals surface area contributed by atoms with E-state index in [0.717, 1.165) is 22.0 Å². The number of nitrogens with zero attached hydrogens (tertiary/aromatic N) is 3. The molecule has 1 aliphatic heterocycles. The van der Waals surface area contributed by atoms with Gasteiger partial charge in [0.05, 0.1) is 22.8 Å². The predicted molar refractivity (Wildman–Crippen MR) is 175 cm³/mol. The first-order valence-electron chi connectivity index (χ1n) is 14.6. The highest BCUT2D eigenvalue weighted by Gasteiger charge is 2.36. The molecular weight excluding hydrogens is 594 g/mol. The number of aromatic amines is 1. The van der Waals surface area contributed by atoms with E-state index in [4.69, 9.17) is 21.3 Å². The fourth-order valence-corrected chi connectivity index (χ4v) is 5.37. The number of carbonyl (C=O) groups excluding carboxylic acids is 3. The number of hydrogen-bond donors (Lipinski definition) is 4. The normalized spacial score (nSPS) is 16.6. The summed E-state index contributed by atoms with van der Waals surface area (Å²) in [5, 5.41) is 10.4. The van der Waals surface area contributed by atoms with Crippen LogP contribution < -0.4 is 16.0 Å². The molecule has 2 aromatic carbocycles. The van der Waals surface area contributed by atoms with Crippen LogP contribution in [-0.2, 0) is 20.9 Å². The van der Waals surface area contributed by atoms with Crippen LogP contribution in [0.5, 0.6) is 0 Å². The molecule has 234 valence electrons. The maximum absolute atomic E-state index is 13.4. The van der Waals surface area contributed by atoms with E-state index in [0.29, 0.717) is 35.3 Å². The third kappa shape index (κ3) is 7.98. The summed E-state index contributed by atoms with van der Waals surface area (Å²) in [5.41, 5.74) is 3.15. The van der Waals surface area contributed by atoms with E-state index in [9.17, 15) is 14.4 Å². The van der Waals surface area contributed by atoms with Crippen molar-refractivity contribution in [2.45, 2.75) is 45.4 Å². The Morgan fingerprint density at radius 1 is 1.13 bits per heavy atom. The number of ether oxygens (including phenoxy) is 1. The van der Waals surface area contributed by atoms with E-state index in [1.54, 1.807) is 44.0 Å². The van der Waals surface area contributed by atoms with Gasteiger partial charge in [-0.3, -0.25) is 9.59 Å². The van der Waals surface area contributed by atoms with Gasteiger partial charge in [0, 0.05) is 54.0 Å². The molecule has 0 bridgehead atoms. The van der Waals surface area contributed by atoms with E-state index in [1.807, 2.05) is 42.6 Å². The maximum atomic E-state index is 13.4. The van der Waals surface area contributed by atoms with E-state index in [2.05, 4.69) is 32.5 Å². The zero-order chi connectivity index (χ0) is 32.1. The van der Waals surface area contributed by atoms with Crippen LogP contribution in [0.1, 0.15) is 32.8 Å². The number of amides is 3. The van der Waals surface area contributed by atoms with Crippen molar-refractivity contribution in [3.63, 3.8) is 0 Å². The molecular formula is C33H36ClN7O4. The molecule has 0 spiro atoms. The number of hydrogen-bond acceptors (Lipinski definition) is 7. The predicted octanol–water partition coefficient (Wildman–Crippen LogP) is 5.76. The van der Waals surface area contributed by atoms with Crippen molar-refractivity contribution in [2.24, 2.45) is 5.92 Å². The van der Waals surface area contributed by atoms with Gasteiger partial charge in [-0.15, -0.1) is 0 Å². The molecule has 1 fully saturated rings. The zero-order valence-electron chi connectivity index (χ0n) is 25.4. The minimum Gasteiger partial charge on any atom is -0.444 e. The Balaban J connectivity index is 1.31. The van der Waals surface area contributed by atoms with Gasteiger partial charge >= 0.3 is 6.09 Å². The van der Waals surface area contributed by atoms with Gasteiger partial charge in [0.2, 0.25) is 17.8 Å². The summed E-state index contributed by atoms with van der Waals surface area (Å²) >= 11 is 6.53. The number of likely N-dealkylation sites (tertiary alicyclic amines) is 1. The quantitative estimate of drug-likeness (QED) is 0.182. The van der Waals surface area contributed by atoms with Crippen LogP contribution in [0, 0.1) is 5.92 Å². The number of aromatic nitrogens is 3. The fourth-order valence-electron chi connectivity index (χ4n) is 5.18. The second-order valence-corrected chi connectivity index (χ2v) is 12.3. The molecule has 45 heavy (non-hydrogen) atoms. The molecule has 1 unspecified atom stereocenters. The molecule has 1 saturated heterocycles. The summed E-state index contributed by atoms with van der Waals surface area (Å²) in [6.45, 7) is 9.63. The number of benzene rings is 2. The first kappa shape index (κ1) is 31.5. The van der Waals surface area contributed by atoms with Gasteiger partial charge < -0.3 is 30.6 Å². The summed E-state index contributed by atoms with van der Waals surface area (Å²) in [4.78, 5) is 52.0. The van der Waals surface area contributed by atoms with Crippen LogP contribution in [-0.4, -0.2) is 62.5 Å². The number of fused-ring (bicyclic) bond motifs is 1. The number of halogens is 1. The Kier molecular flexibility index (Phi) is 9.38. The molecule has 12 heteroatoms. The first-order chi connectivity index (χ1) is 21.5. The Hall–Kier alpha value is -4.90. The van der Waals surface area contributed by atoms with Gasteiger partial charge in [-0.25, -0.2) is 14.8 Å². The van der Waals surface area contributed by atoms with Crippen molar-refractivity contribution < 1.29 is 19.1 Å². The molecule has 0 aliphatic carbocycles. The molecule has 11 nitrogen and oxygen atoms in total. The lowest BCUT2D eigenvalue weighted by atomic mass is 9.93. The number of carbonyl (C=O) groups is 3. The van der Waals surface area contributed by atoms with Gasteiger partial charge in [0.25, 0.3) is 0 Å². The van der Waals surface area contributed by atoms with Gasteiger partial charge in [-0.1, -0.05) is 48.5 Å². The number of piperidine rings is 1. The van der Waals surface area contributed by atoms with Gasteiger partial charge in [-0.05, 0) is 57.0 Å². The molecule has 2 aromatic heterocycles. The van der Waals surface area contributed by atoms with E-state index in [-0.39, 0.29) is 30.9 Å². The monoisotopic (exact) mass is 629 g/mol. The van der Waals surface area contributed by atoms with Crippen LogP contribution in [0.25, 0.3) is 22.2 Å². The van der Waals surface area contributed by atoms with Crippen molar-refractivity contribution in [1.82, 2.24) is 25.2 Å². The average molecular weight is 630 g/mol. The number of nitrogens with one attached hydrogen (secondary N) is 4. The molecule has 4 aromatic rings. The minimum absolute atomic E-state index is 0.199. The Morgan fingerprint density at radius 3 is 2.62 bits per heavy atom. The van der Waals surface area contributed by atoms with E-state index in [1.165, 1.54) is 6.08 Å². The van der Waals surface area contributed by atoms with Crippen molar-refractivity contribution in [2.75, 3.05) is 23.7 Å². The Bertz CT molecular complexity index is 1710. The summed E-state index contributed by atoms with van der Waals surface area (Å²) in [7, 11) is 0. The minimum atomic E-state index is -0.694. The number of H-pyrrole nitrogens is 1. The molecule has 0 radical (unpaired) electrons. The highest BCUT2D eigenvalue weighted by atomic mass is 35.5. The summed E-state index contributed by atoms with van der Waals surface area (Å²) < 4.78 is 5.64. The van der Waals surface area contributed by atoms with Crippen LogP contribution >= 0.6 is 11.6 Å². The Morgan fingerprint density at radius 2 is 1.89 bits per heavy atom. The van der Waals surface area contributed by atoms with Crippen LogP contribution in [0.4, 0.5) is 16.4 Å². The standard InChI is InChI=1S/C33H36ClN7O4/c1-5-28(42)38-22-12-10-20(11-13-22)15-36-30(43)21-14-23(19-41(18-21)32(44)45-33(2,3)4)39-31-37-17-26(34)29(40-31)25-16-35-27-9-7-6-8-24(25)27/h5-13,16-17,21,23,35H,1,14-15,18-19H2,2-4H3,(H,36,43)(H,38,42)(H,37,39,40)/t21-,23?/m1/s1. The molecule has 0 saturated carbocycles. The highest BCUT2D eigenvalue weighted by molar-refractivity contribution is 6.33. The molecule has 3 heterocycles. The lowest BCUT2D eigenvalue weighted by Gasteiger charge is -2.38. The van der Waals surface area contributed by atoms with Gasteiger partial charge in [-0.2, -0.15) is 0 Å². The Labute approximate surface area is 266 Å². The second-order valence-electron chi connectivity index (χ2n) is 11.9. The lowest BCUT2D eigenvalue weighted by molar-refractivity contribution is -0.126. The van der Waals surface area contributed by atoms with Crippen molar-refractivity contribution in [3.05, 3.63) is 84.2 Å². The molecule has 5 rings (SSSR count). The van der Waals surface area contributed by atoms with E-state index < -0.39 is 17.6 Å². The number of rotatable bonds is 8. The summed E-state index contributed by atoms with van der Waals surface area (Å²) in [6.07, 6.45) is 4.54. The fraction of sp³-hybridized carbons (Fsp3) is 0.303. The molecule has 1 aliphatic rings. The van der Waals surface area contributed by atoms with Crippen LogP contribution in [0.15, 0.2) is 73.6 Å². The third-order valence-corrected chi connectivity index (χ3v) is 7.54. The van der Waals surface area contributed by atoms with Crippen LogP contribution in [0.2, 0.25) is 5.02 Å². The highest BCUT2D eigenvalue weighted by Crippen LogP contribution is 2.33. The van der Waals surface area contributed by atoms with Gasteiger partial charge in [0.15, 0.2) is 0 Å². The van der Waals surface area contributed by atoms with Crippen molar-refractivity contribution in [3.8, 4) is 11.3 Å². The average Bonchev–Trinajstić information content (AvgIpc) is 3.44. The van der Waals surface area contributed by atoms with Crippen LogP contribution in [0.3, 0.4) is 0 Å². The third-order valence-electron chi connectivity index (χ3n) is 7.27. The lowest BCUT2D eigenvalue weighted by Crippen LogP contribution is -2.53. The largest absolute Gasteiger partial charge is 0.444 e. The van der Waals surface area contributed by atoms with Crippen molar-refractivity contribution in [1.29, 1.82) is 0 Å². The molecule has 4 N–H and O–H groups in total. The SMILES string of the molecule is C=CC(=O)Nc1ccc(CNC(=O)[C@@H]2CC(Nc3ncc(Cl)c(-c4c[nH]c5ccccc45)n3)CN(C(=O)OC(C)(C)C)C2)cc1. The van der Waals surface area contributed by atoms with Crippen molar-refractivity contribution >= 4 is 52.0 Å². The topological polar surface area (TPSA) is 141 Å². The first-order valence-corrected chi connectivity index (χ1v) is 15.0. The second kappa shape index (κ2) is 13.4. The van der Waals surface area contributed by atoms with Gasteiger partial charge in [0.1, 0.15) is 5.60 Å². The summed E-state index contributed by atoms with van der Waals surface area (Å²) in [5.74, 6) is -0.686. The smallest absolute Gasteiger partial charge is 0.410 e. The zero-order valence-corrected chi connectivity index (χ0v) is 26.1. The molecule has 3 amide bonds. The van der Waals surface area contributed by atoms with E-state index >= 15 is 0 Å². The molecule has 2 atom stereocenters. The maximum Gasteiger partial charge on any atom is 0.410 e. The summed E-state index contributed by atoms with van der Waals surface area (Å²) in [6, 6.07) is 14.7.